The highest BCUT2D eigenvalue weighted by Gasteiger charge is 2.27. The number of anilines is 3. The van der Waals surface area contributed by atoms with Crippen LogP contribution in [0.2, 0.25) is 10.1 Å². The first-order valence-corrected chi connectivity index (χ1v) is 17.3. The molecule has 0 unspecified atom stereocenters. The molecule has 0 amide bonds. The average Bonchev–Trinajstić information content (AvgIpc) is 3.09. The predicted octanol–water partition coefficient (Wildman–Crippen LogP) is 9.10. The molecule has 4 aromatic carbocycles. The number of fused-ring (bicyclic) bond motifs is 1. The number of morpholine rings is 1. The largest absolute Gasteiger partial charge is 0.539 e. The van der Waals surface area contributed by atoms with Crippen molar-refractivity contribution in [3.63, 3.8) is 0 Å². The van der Waals surface area contributed by atoms with Gasteiger partial charge in [-0.1, -0.05) is 80.9 Å². The molecule has 0 saturated carbocycles. The molecule has 0 bridgehead atoms. The Kier molecular flexibility index (Phi) is 10.5. The second kappa shape index (κ2) is 14.9. The van der Waals surface area contributed by atoms with Gasteiger partial charge >= 0.3 is 9.76 Å². The Morgan fingerprint density at radius 3 is 2.31 bits per heavy atom. The van der Waals surface area contributed by atoms with Crippen molar-refractivity contribution in [1.82, 2.24) is 9.88 Å². The Morgan fingerprint density at radius 2 is 1.62 bits per heavy atom. The minimum atomic E-state index is -0.471. The first-order valence-electron chi connectivity index (χ1n) is 16.0. The van der Waals surface area contributed by atoms with Crippen LogP contribution in [-0.2, 0) is 4.74 Å². The molecule has 248 valence electrons. The number of methoxy groups -OCH3 is 1. The number of hydrogen-bond donors (Lipinski definition) is 0. The topological polar surface area (TPSA) is 56.3 Å². The monoisotopic (exact) mass is 683 g/mol. The number of hydrogen-bond acceptors (Lipinski definition) is 7. The lowest BCUT2D eigenvalue weighted by atomic mass is 10.0. The summed E-state index contributed by atoms with van der Waals surface area (Å²) in [7, 11) is 1.71. The van der Waals surface area contributed by atoms with Crippen molar-refractivity contribution in [3.8, 4) is 28.4 Å². The van der Waals surface area contributed by atoms with Crippen LogP contribution in [0, 0.1) is 5.82 Å². The molecule has 5 aromatic rings. The quantitative estimate of drug-likeness (QED) is 0.129. The minimum absolute atomic E-state index is 0.0959. The van der Waals surface area contributed by atoms with E-state index < -0.39 is 5.82 Å². The van der Waals surface area contributed by atoms with Gasteiger partial charge in [0, 0.05) is 54.6 Å². The number of nitrogens with zero attached hydrogens (tertiary/aromatic N) is 3. The Balaban J connectivity index is 1.49. The number of pyridine rings is 1. The highest BCUT2D eigenvalue weighted by atomic mass is 35.5. The first kappa shape index (κ1) is 33.7. The summed E-state index contributed by atoms with van der Waals surface area (Å²) >= 11 is 6.96. The van der Waals surface area contributed by atoms with Crippen LogP contribution < -0.4 is 18.8 Å². The van der Waals surface area contributed by atoms with Crippen LogP contribution in [0.3, 0.4) is 0 Å². The summed E-state index contributed by atoms with van der Waals surface area (Å²) in [6, 6.07) is 26.4. The fraction of sp³-hybridized carbons (Fsp3) is 0.289. The van der Waals surface area contributed by atoms with E-state index in [1.807, 2.05) is 83.8 Å². The van der Waals surface area contributed by atoms with Gasteiger partial charge in [0.05, 0.1) is 42.2 Å². The van der Waals surface area contributed by atoms with E-state index in [1.165, 1.54) is 0 Å². The Morgan fingerprint density at radius 1 is 0.917 bits per heavy atom. The van der Waals surface area contributed by atoms with E-state index in [9.17, 15) is 0 Å². The van der Waals surface area contributed by atoms with Gasteiger partial charge in [-0.25, -0.2) is 4.39 Å². The number of halogens is 2. The van der Waals surface area contributed by atoms with Crippen molar-refractivity contribution in [2.45, 2.75) is 25.8 Å². The number of ether oxygens (including phenoxy) is 3. The molecule has 1 aromatic heterocycles. The number of aromatic nitrogens is 1. The molecule has 0 N–H and O–H groups in total. The normalized spacial score (nSPS) is 13.8. The number of para-hydroxylation sites is 1. The number of benzene rings is 4. The van der Waals surface area contributed by atoms with Gasteiger partial charge in [-0.15, -0.1) is 0 Å². The molecule has 6 rings (SSSR count). The van der Waals surface area contributed by atoms with E-state index in [2.05, 4.69) is 25.7 Å². The van der Waals surface area contributed by atoms with Crippen molar-refractivity contribution in [1.29, 1.82) is 0 Å². The second-order valence-corrected chi connectivity index (χ2v) is 14.8. The fourth-order valence-electron chi connectivity index (χ4n) is 5.60. The third kappa shape index (κ3) is 7.60. The second-order valence-electron chi connectivity index (χ2n) is 12.5. The zero-order chi connectivity index (χ0) is 33.7. The van der Waals surface area contributed by atoms with Crippen molar-refractivity contribution in [3.05, 3.63) is 102 Å². The molecule has 1 aliphatic rings. The maximum absolute atomic E-state index is 17.1. The molecule has 0 aliphatic carbocycles. The van der Waals surface area contributed by atoms with Crippen LogP contribution >= 0.6 is 11.6 Å². The van der Waals surface area contributed by atoms with Crippen molar-refractivity contribution < 1.29 is 23.0 Å². The van der Waals surface area contributed by atoms with Crippen LogP contribution in [0.5, 0.6) is 17.2 Å². The van der Waals surface area contributed by atoms with Gasteiger partial charge in [0.1, 0.15) is 12.4 Å². The maximum Gasteiger partial charge on any atom is 0.316 e. The smallest absolute Gasteiger partial charge is 0.316 e. The molecule has 0 atom stereocenters. The summed E-state index contributed by atoms with van der Waals surface area (Å²) in [5.74, 6) is 1.09. The zero-order valence-electron chi connectivity index (χ0n) is 27.6. The van der Waals surface area contributed by atoms with Crippen molar-refractivity contribution >= 4 is 49.3 Å². The van der Waals surface area contributed by atoms with E-state index in [0.29, 0.717) is 40.6 Å². The Labute approximate surface area is 289 Å². The van der Waals surface area contributed by atoms with Crippen LogP contribution in [0.25, 0.3) is 22.0 Å². The molecule has 1 fully saturated rings. The van der Waals surface area contributed by atoms with Gasteiger partial charge in [0.2, 0.25) is 0 Å². The van der Waals surface area contributed by atoms with Crippen LogP contribution in [0.15, 0.2) is 91.1 Å². The summed E-state index contributed by atoms with van der Waals surface area (Å²) in [5, 5.41) is 0.865. The van der Waals surface area contributed by atoms with Gasteiger partial charge in [-0.05, 0) is 34.9 Å². The van der Waals surface area contributed by atoms with Crippen LogP contribution in [-0.4, -0.2) is 66.2 Å². The van der Waals surface area contributed by atoms with E-state index in [4.69, 9.17) is 35.2 Å². The van der Waals surface area contributed by atoms with Crippen LogP contribution in [0.1, 0.15) is 20.8 Å². The summed E-state index contributed by atoms with van der Waals surface area (Å²) in [6.45, 7) is 10.8. The highest BCUT2D eigenvalue weighted by Crippen LogP contribution is 2.48. The van der Waals surface area contributed by atoms with E-state index in [-0.39, 0.29) is 31.1 Å². The number of rotatable bonds is 11. The molecule has 10 heteroatoms. The molecule has 7 nitrogen and oxygen atoms in total. The first-order chi connectivity index (χ1) is 23.2. The van der Waals surface area contributed by atoms with Crippen molar-refractivity contribution in [2.75, 3.05) is 51.5 Å². The summed E-state index contributed by atoms with van der Waals surface area (Å²) in [6.07, 6.45) is 1.72. The Hall–Kier alpha value is -4.15. The molecule has 1 aliphatic heterocycles. The lowest BCUT2D eigenvalue weighted by molar-refractivity contribution is 0.0321. The van der Waals surface area contributed by atoms with Gasteiger partial charge in [-0.2, -0.15) is 0 Å². The standard InChI is InChI=1S/C38H39ClFN3O4Si/c1-38(2,3)48-47-34-25-31(37(40)35(36(34)39)26-11-7-5-8-12-26)43(27-13-9-6-10-14-27)30-15-16-41-29-24-33(32(44-4)23-28(29)30)46-22-19-42-17-20-45-21-18-42/h5-16,23-25H,17-22H2,1-4H3. The molecule has 48 heavy (non-hydrogen) atoms. The average molecular weight is 684 g/mol. The molecular weight excluding hydrogens is 645 g/mol. The zero-order valence-corrected chi connectivity index (χ0v) is 29.4. The van der Waals surface area contributed by atoms with E-state index >= 15 is 4.39 Å². The maximum atomic E-state index is 17.1. The van der Waals surface area contributed by atoms with Gasteiger partial charge in [0.25, 0.3) is 0 Å². The van der Waals surface area contributed by atoms with E-state index in [0.717, 1.165) is 43.9 Å². The third-order valence-corrected chi connectivity index (χ3v) is 9.26. The molecule has 2 radical (unpaired) electrons. The third-order valence-electron chi connectivity index (χ3n) is 7.95. The van der Waals surface area contributed by atoms with Crippen molar-refractivity contribution in [2.24, 2.45) is 0 Å². The molecule has 0 spiro atoms. The summed E-state index contributed by atoms with van der Waals surface area (Å²) in [4.78, 5) is 8.89. The fourth-order valence-corrected chi connectivity index (χ4v) is 6.53. The lowest BCUT2D eigenvalue weighted by Crippen LogP contribution is -2.38. The predicted molar refractivity (Wildman–Crippen MR) is 192 cm³/mol. The highest BCUT2D eigenvalue weighted by molar-refractivity contribution is 6.37. The lowest BCUT2D eigenvalue weighted by Gasteiger charge is -2.29. The summed E-state index contributed by atoms with van der Waals surface area (Å²) in [5.41, 5.74) is 3.35. The summed E-state index contributed by atoms with van der Waals surface area (Å²) < 4.78 is 41.0. The molecule has 1 saturated heterocycles. The van der Waals surface area contributed by atoms with Gasteiger partial charge in [-0.3, -0.25) is 9.88 Å². The Bertz CT molecular complexity index is 1850. The van der Waals surface area contributed by atoms with Gasteiger partial charge < -0.3 is 23.5 Å². The van der Waals surface area contributed by atoms with E-state index in [1.54, 1.807) is 19.4 Å². The van der Waals surface area contributed by atoms with Gasteiger partial charge in [0.15, 0.2) is 17.3 Å². The SMILES string of the molecule is COc1cc2c(N(c3ccccc3)c3cc(O[Si]C(C)(C)C)c(Cl)c(-c4ccccc4)c3F)ccnc2cc1OCCN1CCOCC1. The molecular formula is C38H39ClFN3O4Si. The minimum Gasteiger partial charge on any atom is -0.539 e. The van der Waals surface area contributed by atoms with Crippen LogP contribution in [0.4, 0.5) is 21.5 Å². The molecule has 2 heterocycles.